The molecule has 5 nitrogen and oxygen atoms in total. The molecule has 6 heteroatoms. The second-order valence-electron chi connectivity index (χ2n) is 4.37. The van der Waals surface area contributed by atoms with Gasteiger partial charge >= 0.3 is 0 Å². The standard InChI is InChI=1S/C14H21N3O2S/c1-15-13(18)8-16-9-14(19)17(2)10-11-4-6-12(20-3)7-5-11/h4-7,16H,8-10H2,1-3H3,(H,15,18). The van der Waals surface area contributed by atoms with Crippen LogP contribution in [0.5, 0.6) is 0 Å². The Bertz CT molecular complexity index is 448. The fraction of sp³-hybridized carbons (Fsp3) is 0.429. The molecular weight excluding hydrogens is 274 g/mol. The molecule has 0 saturated heterocycles. The summed E-state index contributed by atoms with van der Waals surface area (Å²) in [6.07, 6.45) is 2.03. The van der Waals surface area contributed by atoms with E-state index < -0.39 is 0 Å². The number of rotatable bonds is 7. The third-order valence-electron chi connectivity index (χ3n) is 2.85. The molecule has 2 amide bonds. The van der Waals surface area contributed by atoms with Crippen LogP contribution in [-0.4, -0.2) is 50.2 Å². The molecule has 110 valence electrons. The average molecular weight is 295 g/mol. The van der Waals surface area contributed by atoms with Crippen LogP contribution in [0.15, 0.2) is 29.2 Å². The van der Waals surface area contributed by atoms with Gasteiger partial charge in [0.1, 0.15) is 0 Å². The maximum absolute atomic E-state index is 11.9. The van der Waals surface area contributed by atoms with E-state index in [9.17, 15) is 9.59 Å². The topological polar surface area (TPSA) is 61.4 Å². The van der Waals surface area contributed by atoms with E-state index in [2.05, 4.69) is 10.6 Å². The molecule has 0 saturated carbocycles. The molecule has 0 bridgehead atoms. The lowest BCUT2D eigenvalue weighted by Gasteiger charge is -2.17. The number of hydrogen-bond donors (Lipinski definition) is 2. The van der Waals surface area contributed by atoms with Crippen molar-refractivity contribution in [3.8, 4) is 0 Å². The van der Waals surface area contributed by atoms with Gasteiger partial charge in [-0.3, -0.25) is 14.9 Å². The summed E-state index contributed by atoms with van der Waals surface area (Å²) in [5.41, 5.74) is 1.09. The summed E-state index contributed by atoms with van der Waals surface area (Å²) in [6.45, 7) is 0.875. The molecule has 0 spiro atoms. The first kappa shape index (κ1) is 16.5. The molecule has 0 heterocycles. The Balaban J connectivity index is 2.38. The molecule has 0 radical (unpaired) electrons. The van der Waals surface area contributed by atoms with Gasteiger partial charge in [0.2, 0.25) is 11.8 Å². The van der Waals surface area contributed by atoms with Crippen molar-refractivity contribution >= 4 is 23.6 Å². The Morgan fingerprint density at radius 1 is 1.20 bits per heavy atom. The molecular formula is C14H21N3O2S. The van der Waals surface area contributed by atoms with Gasteiger partial charge in [0, 0.05) is 25.5 Å². The van der Waals surface area contributed by atoms with E-state index in [4.69, 9.17) is 0 Å². The van der Waals surface area contributed by atoms with Crippen molar-refractivity contribution in [1.82, 2.24) is 15.5 Å². The average Bonchev–Trinajstić information content (AvgIpc) is 2.47. The number of likely N-dealkylation sites (N-methyl/N-ethyl adjacent to an activating group) is 2. The van der Waals surface area contributed by atoms with E-state index >= 15 is 0 Å². The third kappa shape index (κ3) is 5.63. The van der Waals surface area contributed by atoms with Crippen LogP contribution in [0.4, 0.5) is 0 Å². The number of carbonyl (C=O) groups excluding carboxylic acids is 2. The fourth-order valence-corrected chi connectivity index (χ4v) is 2.01. The Hall–Kier alpha value is -1.53. The van der Waals surface area contributed by atoms with Crippen molar-refractivity contribution in [3.63, 3.8) is 0 Å². The minimum atomic E-state index is -0.131. The first-order chi connectivity index (χ1) is 9.56. The van der Waals surface area contributed by atoms with Gasteiger partial charge in [0.15, 0.2) is 0 Å². The normalized spacial score (nSPS) is 10.2. The van der Waals surface area contributed by atoms with Crippen LogP contribution in [0, 0.1) is 0 Å². The highest BCUT2D eigenvalue weighted by molar-refractivity contribution is 7.98. The Morgan fingerprint density at radius 3 is 2.40 bits per heavy atom. The molecule has 1 rings (SSSR count). The van der Waals surface area contributed by atoms with Crippen LogP contribution >= 0.6 is 11.8 Å². The van der Waals surface area contributed by atoms with Gasteiger partial charge < -0.3 is 10.2 Å². The van der Waals surface area contributed by atoms with Crippen LogP contribution < -0.4 is 10.6 Å². The number of hydrogen-bond acceptors (Lipinski definition) is 4. The predicted molar refractivity (Wildman–Crippen MR) is 81.6 cm³/mol. The summed E-state index contributed by atoms with van der Waals surface area (Å²) < 4.78 is 0. The quantitative estimate of drug-likeness (QED) is 0.727. The van der Waals surface area contributed by atoms with Crippen LogP contribution in [0.3, 0.4) is 0 Å². The number of benzene rings is 1. The zero-order valence-corrected chi connectivity index (χ0v) is 12.9. The molecule has 20 heavy (non-hydrogen) atoms. The number of nitrogens with one attached hydrogen (secondary N) is 2. The lowest BCUT2D eigenvalue weighted by molar-refractivity contribution is -0.129. The highest BCUT2D eigenvalue weighted by Gasteiger charge is 2.09. The van der Waals surface area contributed by atoms with Crippen molar-refractivity contribution in [1.29, 1.82) is 0 Å². The fourth-order valence-electron chi connectivity index (χ4n) is 1.60. The second kappa shape index (κ2) is 8.60. The maximum Gasteiger partial charge on any atom is 0.236 e. The third-order valence-corrected chi connectivity index (χ3v) is 3.59. The minimum Gasteiger partial charge on any atom is -0.358 e. The summed E-state index contributed by atoms with van der Waals surface area (Å²) in [7, 11) is 3.32. The van der Waals surface area contributed by atoms with Gasteiger partial charge in [-0.05, 0) is 24.0 Å². The van der Waals surface area contributed by atoms with Crippen molar-refractivity contribution in [2.75, 3.05) is 33.4 Å². The van der Waals surface area contributed by atoms with Gasteiger partial charge in [0.25, 0.3) is 0 Å². The smallest absolute Gasteiger partial charge is 0.236 e. The summed E-state index contributed by atoms with van der Waals surface area (Å²) in [5.74, 6) is -0.170. The molecule has 1 aromatic carbocycles. The zero-order chi connectivity index (χ0) is 15.0. The molecule has 2 N–H and O–H groups in total. The van der Waals surface area contributed by atoms with E-state index in [0.717, 1.165) is 5.56 Å². The minimum absolute atomic E-state index is 0.0390. The molecule has 1 aromatic rings. The zero-order valence-electron chi connectivity index (χ0n) is 12.1. The van der Waals surface area contributed by atoms with Gasteiger partial charge in [-0.25, -0.2) is 0 Å². The van der Waals surface area contributed by atoms with Crippen molar-refractivity contribution in [2.24, 2.45) is 0 Å². The maximum atomic E-state index is 11.9. The van der Waals surface area contributed by atoms with Crippen molar-refractivity contribution in [3.05, 3.63) is 29.8 Å². The summed E-state index contributed by atoms with van der Waals surface area (Å²) >= 11 is 1.69. The molecule has 0 aliphatic carbocycles. The summed E-state index contributed by atoms with van der Waals surface area (Å²) in [6, 6.07) is 8.13. The van der Waals surface area contributed by atoms with Gasteiger partial charge in [-0.15, -0.1) is 11.8 Å². The molecule has 0 unspecified atom stereocenters. The summed E-state index contributed by atoms with van der Waals surface area (Å²) in [4.78, 5) is 25.7. The van der Waals surface area contributed by atoms with E-state index in [1.54, 1.807) is 30.8 Å². The van der Waals surface area contributed by atoms with E-state index in [1.807, 2.05) is 30.5 Å². The Labute approximate surface area is 124 Å². The van der Waals surface area contributed by atoms with Crippen LogP contribution in [-0.2, 0) is 16.1 Å². The molecule has 0 aliphatic heterocycles. The second-order valence-corrected chi connectivity index (χ2v) is 5.25. The van der Waals surface area contributed by atoms with Crippen molar-refractivity contribution in [2.45, 2.75) is 11.4 Å². The predicted octanol–water partition coefficient (Wildman–Crippen LogP) is 0.702. The van der Waals surface area contributed by atoms with Crippen molar-refractivity contribution < 1.29 is 9.59 Å². The van der Waals surface area contributed by atoms with Crippen LogP contribution in [0.1, 0.15) is 5.56 Å². The molecule has 0 atom stereocenters. The monoisotopic (exact) mass is 295 g/mol. The van der Waals surface area contributed by atoms with E-state index in [1.165, 1.54) is 4.90 Å². The summed E-state index contributed by atoms with van der Waals surface area (Å²) in [5, 5.41) is 5.30. The SMILES string of the molecule is CNC(=O)CNCC(=O)N(C)Cc1ccc(SC)cc1. The van der Waals surface area contributed by atoms with E-state index in [-0.39, 0.29) is 24.9 Å². The molecule has 0 aliphatic rings. The number of nitrogens with zero attached hydrogens (tertiary/aromatic N) is 1. The highest BCUT2D eigenvalue weighted by atomic mass is 32.2. The Kier molecular flexibility index (Phi) is 7.11. The first-order valence-corrected chi connectivity index (χ1v) is 7.57. The lowest BCUT2D eigenvalue weighted by Crippen LogP contribution is -2.39. The van der Waals surface area contributed by atoms with Gasteiger partial charge in [-0.2, -0.15) is 0 Å². The lowest BCUT2D eigenvalue weighted by atomic mass is 10.2. The number of amides is 2. The van der Waals surface area contributed by atoms with Crippen LogP contribution in [0.25, 0.3) is 0 Å². The highest BCUT2D eigenvalue weighted by Crippen LogP contribution is 2.15. The van der Waals surface area contributed by atoms with Gasteiger partial charge in [-0.1, -0.05) is 12.1 Å². The number of carbonyl (C=O) groups is 2. The molecule has 0 aromatic heterocycles. The van der Waals surface area contributed by atoms with Crippen LogP contribution in [0.2, 0.25) is 0 Å². The van der Waals surface area contributed by atoms with Gasteiger partial charge in [0.05, 0.1) is 13.1 Å². The first-order valence-electron chi connectivity index (χ1n) is 6.35. The largest absolute Gasteiger partial charge is 0.358 e. The Morgan fingerprint density at radius 2 is 1.85 bits per heavy atom. The van der Waals surface area contributed by atoms with E-state index in [0.29, 0.717) is 6.54 Å². The molecule has 0 fully saturated rings. The number of thioether (sulfide) groups is 1.